The molecule has 2 heterocycles. The van der Waals surface area contributed by atoms with E-state index in [4.69, 9.17) is 9.15 Å². The van der Waals surface area contributed by atoms with Crippen LogP contribution < -0.4 is 5.32 Å². The molecule has 1 N–H and O–H groups in total. The van der Waals surface area contributed by atoms with E-state index >= 15 is 0 Å². The van der Waals surface area contributed by atoms with Crippen molar-refractivity contribution in [2.75, 3.05) is 6.61 Å². The van der Waals surface area contributed by atoms with E-state index in [0.29, 0.717) is 12.1 Å². The standard InChI is InChI=1S/C12H20N2O2/c1-3-11-7-14-12(16-11)8-13-10-4-5-15-9(2)6-10/h7,9-10,13H,3-6,8H2,1-2H3. The summed E-state index contributed by atoms with van der Waals surface area (Å²) < 4.78 is 11.0. The van der Waals surface area contributed by atoms with E-state index in [-0.39, 0.29) is 0 Å². The monoisotopic (exact) mass is 224 g/mol. The van der Waals surface area contributed by atoms with Crippen molar-refractivity contribution in [1.29, 1.82) is 0 Å². The molecule has 0 amide bonds. The molecule has 2 unspecified atom stereocenters. The molecule has 1 aliphatic rings. The van der Waals surface area contributed by atoms with Crippen LogP contribution in [-0.2, 0) is 17.7 Å². The number of nitrogens with one attached hydrogen (secondary N) is 1. The predicted molar refractivity (Wildman–Crippen MR) is 61.2 cm³/mol. The molecule has 0 aliphatic carbocycles. The molecule has 0 spiro atoms. The van der Waals surface area contributed by atoms with Crippen LogP contribution in [-0.4, -0.2) is 23.7 Å². The van der Waals surface area contributed by atoms with Gasteiger partial charge in [0.15, 0.2) is 0 Å². The first kappa shape index (κ1) is 11.6. The van der Waals surface area contributed by atoms with Crippen LogP contribution in [0, 0.1) is 0 Å². The maximum atomic E-state index is 5.55. The van der Waals surface area contributed by atoms with E-state index < -0.39 is 0 Å². The van der Waals surface area contributed by atoms with Crippen LogP contribution in [0.4, 0.5) is 0 Å². The number of aryl methyl sites for hydroxylation is 1. The van der Waals surface area contributed by atoms with Gasteiger partial charge < -0.3 is 14.5 Å². The van der Waals surface area contributed by atoms with Gasteiger partial charge in [-0.25, -0.2) is 4.98 Å². The van der Waals surface area contributed by atoms with Gasteiger partial charge in [-0.3, -0.25) is 0 Å². The third kappa shape index (κ3) is 3.06. The fraction of sp³-hybridized carbons (Fsp3) is 0.750. The Kier molecular flexibility index (Phi) is 3.96. The van der Waals surface area contributed by atoms with Crippen LogP contribution in [0.2, 0.25) is 0 Å². The average molecular weight is 224 g/mol. The Hall–Kier alpha value is -0.870. The van der Waals surface area contributed by atoms with Gasteiger partial charge in [0, 0.05) is 19.1 Å². The minimum absolute atomic E-state index is 0.363. The third-order valence-electron chi connectivity index (χ3n) is 2.98. The van der Waals surface area contributed by atoms with Gasteiger partial charge in [-0.05, 0) is 19.8 Å². The minimum Gasteiger partial charge on any atom is -0.444 e. The summed E-state index contributed by atoms with van der Waals surface area (Å²) in [6.07, 6.45) is 5.22. The second-order valence-electron chi connectivity index (χ2n) is 4.36. The Morgan fingerprint density at radius 1 is 1.56 bits per heavy atom. The van der Waals surface area contributed by atoms with Crippen LogP contribution in [0.15, 0.2) is 10.6 Å². The summed E-state index contributed by atoms with van der Waals surface area (Å²) >= 11 is 0. The molecule has 0 radical (unpaired) electrons. The third-order valence-corrected chi connectivity index (χ3v) is 2.98. The Morgan fingerprint density at radius 3 is 3.12 bits per heavy atom. The zero-order valence-electron chi connectivity index (χ0n) is 10.0. The molecule has 90 valence electrons. The molecule has 1 aromatic heterocycles. The first-order valence-corrected chi connectivity index (χ1v) is 6.06. The molecule has 1 fully saturated rings. The summed E-state index contributed by atoms with van der Waals surface area (Å²) in [7, 11) is 0. The number of ether oxygens (including phenoxy) is 1. The number of hydrogen-bond acceptors (Lipinski definition) is 4. The number of hydrogen-bond donors (Lipinski definition) is 1. The van der Waals surface area contributed by atoms with Crippen molar-refractivity contribution < 1.29 is 9.15 Å². The lowest BCUT2D eigenvalue weighted by atomic mass is 10.0. The zero-order chi connectivity index (χ0) is 11.4. The van der Waals surface area contributed by atoms with Gasteiger partial charge >= 0.3 is 0 Å². The Bertz CT molecular complexity index is 325. The first-order valence-electron chi connectivity index (χ1n) is 6.06. The van der Waals surface area contributed by atoms with Crippen molar-refractivity contribution in [3.63, 3.8) is 0 Å². The van der Waals surface area contributed by atoms with Crippen LogP contribution in [0.5, 0.6) is 0 Å². The fourth-order valence-electron chi connectivity index (χ4n) is 2.01. The Morgan fingerprint density at radius 2 is 2.44 bits per heavy atom. The number of aromatic nitrogens is 1. The molecule has 4 heteroatoms. The van der Waals surface area contributed by atoms with Crippen molar-refractivity contribution in [1.82, 2.24) is 10.3 Å². The van der Waals surface area contributed by atoms with Gasteiger partial charge in [0.1, 0.15) is 5.76 Å². The summed E-state index contributed by atoms with van der Waals surface area (Å²) in [5.74, 6) is 1.74. The van der Waals surface area contributed by atoms with E-state index in [1.165, 1.54) is 0 Å². The highest BCUT2D eigenvalue weighted by molar-refractivity contribution is 4.93. The average Bonchev–Trinajstić information content (AvgIpc) is 2.74. The van der Waals surface area contributed by atoms with Gasteiger partial charge in [0.25, 0.3) is 0 Å². The molecule has 0 saturated carbocycles. The van der Waals surface area contributed by atoms with Crippen molar-refractivity contribution in [2.45, 2.75) is 51.8 Å². The molecular formula is C12H20N2O2. The summed E-state index contributed by atoms with van der Waals surface area (Å²) in [6.45, 7) is 5.76. The van der Waals surface area contributed by atoms with Gasteiger partial charge in [-0.15, -0.1) is 0 Å². The quantitative estimate of drug-likeness (QED) is 0.848. The Labute approximate surface area is 96.4 Å². The first-order chi connectivity index (χ1) is 7.78. The zero-order valence-corrected chi connectivity index (χ0v) is 10.0. The topological polar surface area (TPSA) is 47.3 Å². The maximum Gasteiger partial charge on any atom is 0.208 e. The normalized spacial score (nSPS) is 25.9. The smallest absolute Gasteiger partial charge is 0.208 e. The highest BCUT2D eigenvalue weighted by atomic mass is 16.5. The SMILES string of the molecule is CCc1cnc(CNC2CCOC(C)C2)o1. The summed E-state index contributed by atoms with van der Waals surface area (Å²) in [5, 5.41) is 3.47. The van der Waals surface area contributed by atoms with E-state index in [1.54, 1.807) is 0 Å². The van der Waals surface area contributed by atoms with E-state index in [2.05, 4.69) is 24.1 Å². The van der Waals surface area contributed by atoms with Crippen molar-refractivity contribution in [2.24, 2.45) is 0 Å². The Balaban J connectivity index is 1.78. The highest BCUT2D eigenvalue weighted by Gasteiger charge is 2.19. The molecule has 1 aliphatic heterocycles. The molecule has 0 bridgehead atoms. The van der Waals surface area contributed by atoms with Crippen molar-refractivity contribution in [3.05, 3.63) is 17.8 Å². The van der Waals surface area contributed by atoms with Gasteiger partial charge in [-0.1, -0.05) is 6.92 Å². The molecule has 0 aromatic carbocycles. The summed E-state index contributed by atoms with van der Waals surface area (Å²) in [4.78, 5) is 4.23. The fourth-order valence-corrected chi connectivity index (χ4v) is 2.01. The van der Waals surface area contributed by atoms with Gasteiger partial charge in [0.05, 0.1) is 18.8 Å². The molecular weight excluding hydrogens is 204 g/mol. The lowest BCUT2D eigenvalue weighted by Gasteiger charge is -2.27. The van der Waals surface area contributed by atoms with E-state index in [0.717, 1.165) is 44.1 Å². The number of rotatable bonds is 4. The largest absolute Gasteiger partial charge is 0.444 e. The second kappa shape index (κ2) is 5.46. The van der Waals surface area contributed by atoms with Gasteiger partial charge in [0.2, 0.25) is 5.89 Å². The molecule has 1 saturated heterocycles. The van der Waals surface area contributed by atoms with E-state index in [1.807, 2.05) is 6.20 Å². The van der Waals surface area contributed by atoms with E-state index in [9.17, 15) is 0 Å². The number of oxazole rings is 1. The number of nitrogens with zero attached hydrogens (tertiary/aromatic N) is 1. The summed E-state index contributed by atoms with van der Waals surface area (Å²) in [5.41, 5.74) is 0. The molecule has 1 aromatic rings. The summed E-state index contributed by atoms with van der Waals surface area (Å²) in [6, 6.07) is 0.528. The lowest BCUT2D eigenvalue weighted by molar-refractivity contribution is 0.0126. The maximum absolute atomic E-state index is 5.55. The predicted octanol–water partition coefficient (Wildman–Crippen LogP) is 1.89. The van der Waals surface area contributed by atoms with Gasteiger partial charge in [-0.2, -0.15) is 0 Å². The van der Waals surface area contributed by atoms with Crippen LogP contribution in [0.1, 0.15) is 38.3 Å². The molecule has 4 nitrogen and oxygen atoms in total. The van der Waals surface area contributed by atoms with Crippen LogP contribution >= 0.6 is 0 Å². The molecule has 2 atom stereocenters. The van der Waals surface area contributed by atoms with Crippen LogP contribution in [0.25, 0.3) is 0 Å². The van der Waals surface area contributed by atoms with Crippen LogP contribution in [0.3, 0.4) is 0 Å². The van der Waals surface area contributed by atoms with Crippen molar-refractivity contribution >= 4 is 0 Å². The minimum atomic E-state index is 0.363. The highest BCUT2D eigenvalue weighted by Crippen LogP contribution is 2.14. The van der Waals surface area contributed by atoms with Crippen molar-refractivity contribution in [3.8, 4) is 0 Å². The molecule has 16 heavy (non-hydrogen) atoms. The second-order valence-corrected chi connectivity index (χ2v) is 4.36. The molecule has 2 rings (SSSR count). The lowest BCUT2D eigenvalue weighted by Crippen LogP contribution is -2.37.